The van der Waals surface area contributed by atoms with Crippen LogP contribution in [-0.2, 0) is 0 Å². The second kappa shape index (κ2) is 6.25. The summed E-state index contributed by atoms with van der Waals surface area (Å²) in [5, 5.41) is 12.8. The molecule has 0 saturated carbocycles. The average Bonchev–Trinajstić information content (AvgIpc) is 3.02. The molecular weight excluding hydrogens is 304 g/mol. The molecule has 1 N–H and O–H groups in total. The van der Waals surface area contributed by atoms with Crippen molar-refractivity contribution >= 4 is 28.6 Å². The molecule has 6 heteroatoms. The molecule has 0 unspecified atom stereocenters. The number of amides is 1. The number of carbonyl (C=O) groups is 1. The van der Waals surface area contributed by atoms with Gasteiger partial charge >= 0.3 is 0 Å². The molecule has 2 aromatic rings. The molecule has 4 nitrogen and oxygen atoms in total. The molecule has 0 aliphatic rings. The lowest BCUT2D eigenvalue weighted by atomic mass is 10.1. The molecule has 0 bridgehead atoms. The summed E-state index contributed by atoms with van der Waals surface area (Å²) in [6.07, 6.45) is 0. The van der Waals surface area contributed by atoms with Crippen molar-refractivity contribution in [3.63, 3.8) is 0 Å². The van der Waals surface area contributed by atoms with E-state index in [9.17, 15) is 9.90 Å². The Morgan fingerprint density at radius 2 is 2.19 bits per heavy atom. The Hall–Kier alpha value is -1.24. The van der Waals surface area contributed by atoms with Gasteiger partial charge in [0.05, 0.1) is 16.2 Å². The Morgan fingerprint density at radius 3 is 2.71 bits per heavy atom. The van der Waals surface area contributed by atoms with E-state index < -0.39 is 5.60 Å². The van der Waals surface area contributed by atoms with Gasteiger partial charge in [-0.1, -0.05) is 6.07 Å². The Labute approximate surface area is 133 Å². The number of hydrogen-bond acceptors (Lipinski definition) is 5. The Bertz CT molecular complexity index is 612. The van der Waals surface area contributed by atoms with Crippen LogP contribution in [0.15, 0.2) is 17.5 Å². The lowest BCUT2D eigenvalue weighted by molar-refractivity contribution is 0.0316. The van der Waals surface area contributed by atoms with Crippen molar-refractivity contribution in [2.75, 3.05) is 13.1 Å². The van der Waals surface area contributed by atoms with Gasteiger partial charge in [0, 0.05) is 13.1 Å². The van der Waals surface area contributed by atoms with Crippen molar-refractivity contribution in [2.24, 2.45) is 0 Å². The van der Waals surface area contributed by atoms with E-state index in [1.165, 1.54) is 11.3 Å². The van der Waals surface area contributed by atoms with E-state index in [-0.39, 0.29) is 5.91 Å². The van der Waals surface area contributed by atoms with E-state index in [1.807, 2.05) is 31.4 Å². The molecule has 0 fully saturated rings. The molecule has 0 saturated heterocycles. The van der Waals surface area contributed by atoms with Crippen molar-refractivity contribution in [1.29, 1.82) is 0 Å². The maximum absolute atomic E-state index is 12.6. The summed E-state index contributed by atoms with van der Waals surface area (Å²) in [5.41, 5.74) is -0.150. The molecule has 2 rings (SSSR count). The lowest BCUT2D eigenvalue weighted by Crippen LogP contribution is -2.42. The van der Waals surface area contributed by atoms with Gasteiger partial charge in [-0.15, -0.1) is 22.7 Å². The standard InChI is InChI=1S/C15H20N2O2S2/c1-5-17(9-15(3,4)19)14(18)12-10(2)16-13(21-12)11-7-6-8-20-11/h6-8,19H,5,9H2,1-4H3. The molecule has 1 amide bonds. The van der Waals surface area contributed by atoms with Crippen LogP contribution >= 0.6 is 22.7 Å². The summed E-state index contributed by atoms with van der Waals surface area (Å²) in [6.45, 7) is 8.07. The topological polar surface area (TPSA) is 53.4 Å². The first-order chi connectivity index (χ1) is 9.81. The van der Waals surface area contributed by atoms with Crippen LogP contribution in [0.3, 0.4) is 0 Å². The Morgan fingerprint density at radius 1 is 1.48 bits per heavy atom. The van der Waals surface area contributed by atoms with Crippen LogP contribution in [0.2, 0.25) is 0 Å². The molecule has 0 aromatic carbocycles. The number of thiazole rings is 1. The highest BCUT2D eigenvalue weighted by Crippen LogP contribution is 2.31. The third-order valence-corrected chi connectivity index (χ3v) is 5.15. The Kier molecular flexibility index (Phi) is 4.81. The van der Waals surface area contributed by atoms with Crippen molar-refractivity contribution in [1.82, 2.24) is 9.88 Å². The fourth-order valence-electron chi connectivity index (χ4n) is 2.04. The van der Waals surface area contributed by atoms with Gasteiger partial charge in [-0.05, 0) is 39.1 Å². The minimum absolute atomic E-state index is 0.0579. The van der Waals surface area contributed by atoms with Crippen molar-refractivity contribution in [3.05, 3.63) is 28.1 Å². The number of aryl methyl sites for hydroxylation is 1. The third-order valence-electron chi connectivity index (χ3n) is 2.97. The van der Waals surface area contributed by atoms with Crippen LogP contribution in [0.5, 0.6) is 0 Å². The monoisotopic (exact) mass is 324 g/mol. The summed E-state index contributed by atoms with van der Waals surface area (Å²) in [6, 6.07) is 3.98. The minimum atomic E-state index is -0.902. The summed E-state index contributed by atoms with van der Waals surface area (Å²) in [5.74, 6) is -0.0579. The van der Waals surface area contributed by atoms with Gasteiger partial charge in [-0.3, -0.25) is 4.79 Å². The fraction of sp³-hybridized carbons (Fsp3) is 0.467. The molecule has 0 spiro atoms. The van der Waals surface area contributed by atoms with E-state index >= 15 is 0 Å². The zero-order chi connectivity index (χ0) is 15.6. The van der Waals surface area contributed by atoms with Gasteiger partial charge in [0.1, 0.15) is 9.88 Å². The first kappa shape index (κ1) is 16.1. The normalized spacial score (nSPS) is 11.7. The predicted octanol–water partition coefficient (Wildman–Crippen LogP) is 3.41. The maximum Gasteiger partial charge on any atom is 0.265 e. The van der Waals surface area contributed by atoms with Gasteiger partial charge in [-0.2, -0.15) is 0 Å². The zero-order valence-electron chi connectivity index (χ0n) is 12.7. The molecule has 0 aliphatic heterocycles. The molecule has 0 atom stereocenters. The summed E-state index contributed by atoms with van der Waals surface area (Å²) in [7, 11) is 0. The van der Waals surface area contributed by atoms with Gasteiger partial charge in [0.25, 0.3) is 5.91 Å². The molecule has 0 radical (unpaired) electrons. The molecule has 21 heavy (non-hydrogen) atoms. The number of nitrogens with zero attached hydrogens (tertiary/aromatic N) is 2. The lowest BCUT2D eigenvalue weighted by Gasteiger charge is -2.27. The zero-order valence-corrected chi connectivity index (χ0v) is 14.3. The quantitative estimate of drug-likeness (QED) is 0.917. The highest BCUT2D eigenvalue weighted by atomic mass is 32.1. The first-order valence-corrected chi connectivity index (χ1v) is 8.54. The van der Waals surface area contributed by atoms with Crippen molar-refractivity contribution in [2.45, 2.75) is 33.3 Å². The van der Waals surface area contributed by atoms with Crippen LogP contribution in [0, 0.1) is 6.92 Å². The fourth-order valence-corrected chi connectivity index (χ4v) is 3.87. The van der Waals surface area contributed by atoms with E-state index in [2.05, 4.69) is 4.98 Å². The molecule has 2 heterocycles. The van der Waals surface area contributed by atoms with E-state index in [4.69, 9.17) is 0 Å². The minimum Gasteiger partial charge on any atom is -0.389 e. The number of thiophene rings is 1. The maximum atomic E-state index is 12.6. The number of rotatable bonds is 5. The van der Waals surface area contributed by atoms with Gasteiger partial charge < -0.3 is 10.0 Å². The third kappa shape index (κ3) is 3.90. The van der Waals surface area contributed by atoms with Crippen molar-refractivity contribution in [3.8, 4) is 9.88 Å². The SMILES string of the molecule is CCN(CC(C)(C)O)C(=O)c1sc(-c2cccs2)nc1C. The number of aromatic nitrogens is 1. The number of carbonyl (C=O) groups excluding carboxylic acids is 1. The van der Waals surface area contributed by atoms with E-state index in [1.54, 1.807) is 30.1 Å². The summed E-state index contributed by atoms with van der Waals surface area (Å²) >= 11 is 3.04. The molecule has 0 aliphatic carbocycles. The molecule has 2 aromatic heterocycles. The molecular formula is C15H20N2O2S2. The smallest absolute Gasteiger partial charge is 0.265 e. The second-order valence-corrected chi connectivity index (χ2v) is 7.49. The highest BCUT2D eigenvalue weighted by Gasteiger charge is 2.25. The van der Waals surface area contributed by atoms with E-state index in [0.717, 1.165) is 15.6 Å². The van der Waals surface area contributed by atoms with Crippen LogP contribution < -0.4 is 0 Å². The first-order valence-electron chi connectivity index (χ1n) is 6.85. The van der Waals surface area contributed by atoms with Gasteiger partial charge in [-0.25, -0.2) is 4.98 Å². The predicted molar refractivity (Wildman–Crippen MR) is 88.0 cm³/mol. The molecule has 114 valence electrons. The number of aliphatic hydroxyl groups is 1. The van der Waals surface area contributed by atoms with Crippen LogP contribution in [0.1, 0.15) is 36.1 Å². The van der Waals surface area contributed by atoms with Crippen LogP contribution in [0.4, 0.5) is 0 Å². The van der Waals surface area contributed by atoms with E-state index in [0.29, 0.717) is 18.0 Å². The summed E-state index contributed by atoms with van der Waals surface area (Å²) in [4.78, 5) is 20.6. The second-order valence-electron chi connectivity index (χ2n) is 5.54. The van der Waals surface area contributed by atoms with Crippen molar-refractivity contribution < 1.29 is 9.90 Å². The Balaban J connectivity index is 2.26. The number of hydrogen-bond donors (Lipinski definition) is 1. The van der Waals surface area contributed by atoms with Gasteiger partial charge in [0.15, 0.2) is 0 Å². The van der Waals surface area contributed by atoms with Crippen LogP contribution in [-0.4, -0.2) is 39.6 Å². The number of likely N-dealkylation sites (N-methyl/N-ethyl adjacent to an activating group) is 1. The largest absolute Gasteiger partial charge is 0.389 e. The average molecular weight is 324 g/mol. The van der Waals surface area contributed by atoms with Gasteiger partial charge in [0.2, 0.25) is 0 Å². The highest BCUT2D eigenvalue weighted by molar-refractivity contribution is 7.22. The summed E-state index contributed by atoms with van der Waals surface area (Å²) < 4.78 is 0. The van der Waals surface area contributed by atoms with Crippen LogP contribution in [0.25, 0.3) is 9.88 Å².